The molecule has 0 bridgehead atoms. The van der Waals surface area contributed by atoms with E-state index in [1.807, 2.05) is 37.3 Å². The van der Waals surface area contributed by atoms with Crippen molar-refractivity contribution < 1.29 is 18.4 Å². The number of hydrogen-bond acceptors (Lipinski definition) is 6. The summed E-state index contributed by atoms with van der Waals surface area (Å²) in [6, 6.07) is 9.46. The average Bonchev–Trinajstić information content (AvgIpc) is 3.34. The molecule has 8 heteroatoms. The zero-order chi connectivity index (χ0) is 19.8. The SMILES string of the molecule is Cc1c(OCC2OCC3(CC3)CO2)ccnc1CS(=O)c1nc2ccccc2[nH]1. The van der Waals surface area contributed by atoms with Crippen LogP contribution in [0.25, 0.3) is 11.0 Å². The molecule has 7 nitrogen and oxygen atoms in total. The highest BCUT2D eigenvalue weighted by Crippen LogP contribution is 2.48. The van der Waals surface area contributed by atoms with Crippen molar-refractivity contribution in [3.05, 3.63) is 47.8 Å². The quantitative estimate of drug-likeness (QED) is 0.668. The van der Waals surface area contributed by atoms with Crippen LogP contribution in [0.2, 0.25) is 0 Å². The second kappa shape index (κ2) is 7.51. The Kier molecular flexibility index (Phi) is 4.85. The molecule has 1 aliphatic heterocycles. The Hall–Kier alpha value is -2.29. The summed E-state index contributed by atoms with van der Waals surface area (Å²) in [4.78, 5) is 12.0. The van der Waals surface area contributed by atoms with E-state index >= 15 is 0 Å². The van der Waals surface area contributed by atoms with E-state index in [-0.39, 0.29) is 17.5 Å². The number of imidazole rings is 1. The minimum Gasteiger partial charge on any atom is -0.488 e. The van der Waals surface area contributed by atoms with Crippen molar-refractivity contribution in [1.82, 2.24) is 15.0 Å². The summed E-state index contributed by atoms with van der Waals surface area (Å²) in [5.74, 6) is 0.970. The molecule has 1 saturated heterocycles. The van der Waals surface area contributed by atoms with E-state index in [1.54, 1.807) is 6.20 Å². The molecule has 0 radical (unpaired) electrons. The number of hydrogen-bond donors (Lipinski definition) is 1. The first-order valence-corrected chi connectivity index (χ1v) is 11.1. The smallest absolute Gasteiger partial charge is 0.197 e. The molecule has 2 aliphatic rings. The van der Waals surface area contributed by atoms with Crippen LogP contribution in [-0.4, -0.2) is 45.3 Å². The Morgan fingerprint density at radius 3 is 2.79 bits per heavy atom. The first-order valence-electron chi connectivity index (χ1n) is 9.76. The number of pyridine rings is 1. The molecule has 1 aromatic carbocycles. The molecular weight excluding hydrogens is 390 g/mol. The summed E-state index contributed by atoms with van der Waals surface area (Å²) in [6.45, 7) is 3.75. The molecule has 152 valence electrons. The highest BCUT2D eigenvalue weighted by atomic mass is 32.2. The molecular formula is C21H23N3O4S. The number of nitrogens with zero attached hydrogens (tertiary/aromatic N) is 2. The van der Waals surface area contributed by atoms with E-state index in [2.05, 4.69) is 15.0 Å². The van der Waals surface area contributed by atoms with Gasteiger partial charge in [-0.05, 0) is 38.0 Å². The van der Waals surface area contributed by atoms with Crippen molar-refractivity contribution in [3.63, 3.8) is 0 Å². The zero-order valence-corrected chi connectivity index (χ0v) is 17.0. The molecule has 2 aromatic heterocycles. The summed E-state index contributed by atoms with van der Waals surface area (Å²) in [7, 11) is -1.33. The van der Waals surface area contributed by atoms with Gasteiger partial charge in [-0.1, -0.05) is 12.1 Å². The number of benzene rings is 1. The predicted molar refractivity (Wildman–Crippen MR) is 108 cm³/mol. The van der Waals surface area contributed by atoms with Gasteiger partial charge in [-0.2, -0.15) is 0 Å². The van der Waals surface area contributed by atoms with Gasteiger partial charge < -0.3 is 19.2 Å². The molecule has 1 spiro atoms. The first kappa shape index (κ1) is 18.7. The van der Waals surface area contributed by atoms with Gasteiger partial charge in [0.1, 0.15) is 12.4 Å². The molecule has 1 atom stereocenters. The standard InChI is InChI=1S/C21H23N3O4S/c1-14-17(11-29(25)20-23-15-4-2-3-5-16(15)24-20)22-9-6-18(14)26-10-19-27-12-21(7-8-21)13-28-19/h2-6,9,19H,7-8,10-13H2,1H3,(H,23,24). The maximum absolute atomic E-state index is 12.8. The number of aromatic amines is 1. The zero-order valence-electron chi connectivity index (χ0n) is 16.2. The van der Waals surface area contributed by atoms with E-state index in [4.69, 9.17) is 14.2 Å². The van der Waals surface area contributed by atoms with Gasteiger partial charge in [0, 0.05) is 17.2 Å². The van der Waals surface area contributed by atoms with Crippen molar-refractivity contribution in [2.45, 2.75) is 37.0 Å². The van der Waals surface area contributed by atoms with Gasteiger partial charge in [0.15, 0.2) is 11.4 Å². The van der Waals surface area contributed by atoms with Crippen molar-refractivity contribution in [2.75, 3.05) is 19.8 Å². The lowest BCUT2D eigenvalue weighted by molar-refractivity contribution is -0.217. The highest BCUT2D eigenvalue weighted by molar-refractivity contribution is 7.84. The molecule has 29 heavy (non-hydrogen) atoms. The number of aromatic nitrogens is 3. The van der Waals surface area contributed by atoms with Gasteiger partial charge in [-0.15, -0.1) is 0 Å². The van der Waals surface area contributed by atoms with Gasteiger partial charge in [0.05, 0.1) is 46.5 Å². The Morgan fingerprint density at radius 1 is 1.24 bits per heavy atom. The fourth-order valence-electron chi connectivity index (χ4n) is 3.44. The third-order valence-electron chi connectivity index (χ3n) is 5.59. The van der Waals surface area contributed by atoms with Crippen molar-refractivity contribution >= 4 is 21.8 Å². The van der Waals surface area contributed by atoms with Crippen LogP contribution in [0, 0.1) is 12.3 Å². The number of rotatable bonds is 6. The Balaban J connectivity index is 1.24. The van der Waals surface area contributed by atoms with Gasteiger partial charge in [0.25, 0.3) is 0 Å². The maximum atomic E-state index is 12.8. The Labute approximate surface area is 171 Å². The summed E-state index contributed by atoms with van der Waals surface area (Å²) in [5, 5.41) is 0.455. The van der Waals surface area contributed by atoms with Crippen LogP contribution in [0.4, 0.5) is 0 Å². The summed E-state index contributed by atoms with van der Waals surface area (Å²) in [6.07, 6.45) is 3.71. The van der Waals surface area contributed by atoms with Gasteiger partial charge in [0.2, 0.25) is 0 Å². The van der Waals surface area contributed by atoms with E-state index in [0.717, 1.165) is 35.5 Å². The van der Waals surface area contributed by atoms with Crippen LogP contribution >= 0.6 is 0 Å². The third-order valence-corrected chi connectivity index (χ3v) is 6.75. The Morgan fingerprint density at radius 2 is 2.03 bits per heavy atom. The first-order chi connectivity index (χ1) is 14.1. The number of para-hydroxylation sites is 2. The number of H-pyrrole nitrogens is 1. The van der Waals surface area contributed by atoms with Crippen LogP contribution in [0.15, 0.2) is 41.7 Å². The summed E-state index contributed by atoms with van der Waals surface area (Å²) < 4.78 is 30.3. The van der Waals surface area contributed by atoms with Crippen LogP contribution in [0.3, 0.4) is 0 Å². The van der Waals surface area contributed by atoms with Crippen LogP contribution in [-0.2, 0) is 26.0 Å². The molecule has 1 saturated carbocycles. The second-order valence-corrected chi connectivity index (χ2v) is 9.16. The maximum Gasteiger partial charge on any atom is 0.197 e. The summed E-state index contributed by atoms with van der Waals surface area (Å²) >= 11 is 0. The van der Waals surface area contributed by atoms with Gasteiger partial charge >= 0.3 is 0 Å². The van der Waals surface area contributed by atoms with Crippen LogP contribution in [0.1, 0.15) is 24.1 Å². The molecule has 3 aromatic rings. The fourth-order valence-corrected chi connectivity index (χ4v) is 4.54. The largest absolute Gasteiger partial charge is 0.488 e. The van der Waals surface area contributed by atoms with Crippen molar-refractivity contribution in [1.29, 1.82) is 0 Å². The number of nitrogens with one attached hydrogen (secondary N) is 1. The van der Waals surface area contributed by atoms with Gasteiger partial charge in [-0.25, -0.2) is 4.98 Å². The van der Waals surface area contributed by atoms with Crippen molar-refractivity contribution in [3.8, 4) is 5.75 Å². The normalized spacial score (nSPS) is 19.5. The highest BCUT2D eigenvalue weighted by Gasteiger charge is 2.47. The Bertz CT molecular complexity index is 1020. The minimum atomic E-state index is -1.33. The average molecular weight is 413 g/mol. The molecule has 3 heterocycles. The summed E-state index contributed by atoms with van der Waals surface area (Å²) in [5.41, 5.74) is 3.54. The monoisotopic (exact) mass is 413 g/mol. The molecule has 1 unspecified atom stereocenters. The molecule has 5 rings (SSSR count). The van der Waals surface area contributed by atoms with E-state index < -0.39 is 10.8 Å². The third kappa shape index (κ3) is 3.92. The predicted octanol–water partition coefficient (Wildman–Crippen LogP) is 3.11. The van der Waals surface area contributed by atoms with Crippen LogP contribution < -0.4 is 4.74 Å². The number of fused-ring (bicyclic) bond motifs is 1. The molecule has 0 amide bonds. The van der Waals surface area contributed by atoms with E-state index in [9.17, 15) is 4.21 Å². The fraction of sp³-hybridized carbons (Fsp3) is 0.429. The van der Waals surface area contributed by atoms with Crippen molar-refractivity contribution in [2.24, 2.45) is 5.41 Å². The molecule has 2 fully saturated rings. The van der Waals surface area contributed by atoms with E-state index in [0.29, 0.717) is 17.5 Å². The molecule has 1 N–H and O–H groups in total. The topological polar surface area (TPSA) is 86.3 Å². The minimum absolute atomic E-state index is 0.266. The molecule has 1 aliphatic carbocycles. The lowest BCUT2D eigenvalue weighted by Gasteiger charge is -2.29. The lowest BCUT2D eigenvalue weighted by atomic mass is 10.1. The second-order valence-electron chi connectivity index (χ2n) is 7.79. The van der Waals surface area contributed by atoms with Crippen LogP contribution in [0.5, 0.6) is 5.75 Å². The van der Waals surface area contributed by atoms with E-state index in [1.165, 1.54) is 12.8 Å². The number of ether oxygens (including phenoxy) is 3. The lowest BCUT2D eigenvalue weighted by Crippen LogP contribution is -2.36. The van der Waals surface area contributed by atoms with Gasteiger partial charge in [-0.3, -0.25) is 9.19 Å².